The van der Waals surface area contributed by atoms with E-state index < -0.39 is 0 Å². The molecule has 0 aromatic heterocycles. The number of hydroxylamine groups is 4. The average molecular weight is 296 g/mol. The standard InChI is InChI=1S/C18H20N2O2/c21-19-14-18(12-16-9-5-2-6-10-16)20(22)13-17(19)11-15-7-3-1-4-8-15/h1-10,17-18H,11-14H2/q-2. The van der Waals surface area contributed by atoms with Crippen LogP contribution in [-0.2, 0) is 12.8 Å². The fourth-order valence-electron chi connectivity index (χ4n) is 3.00. The van der Waals surface area contributed by atoms with Crippen molar-refractivity contribution >= 4 is 0 Å². The Morgan fingerprint density at radius 1 is 0.682 bits per heavy atom. The van der Waals surface area contributed by atoms with Gasteiger partial charge in [0.25, 0.3) is 0 Å². The Kier molecular flexibility index (Phi) is 4.85. The first-order valence-corrected chi connectivity index (χ1v) is 7.68. The van der Waals surface area contributed by atoms with E-state index in [1.165, 1.54) is 0 Å². The van der Waals surface area contributed by atoms with Crippen LogP contribution in [0.1, 0.15) is 11.1 Å². The predicted octanol–water partition coefficient (Wildman–Crippen LogP) is 2.82. The van der Waals surface area contributed by atoms with Crippen molar-refractivity contribution in [3.63, 3.8) is 0 Å². The lowest BCUT2D eigenvalue weighted by atomic mass is 9.99. The van der Waals surface area contributed by atoms with E-state index in [0.717, 1.165) is 21.3 Å². The highest BCUT2D eigenvalue weighted by molar-refractivity contribution is 5.18. The maximum atomic E-state index is 12.3. The van der Waals surface area contributed by atoms with Crippen molar-refractivity contribution in [2.45, 2.75) is 24.9 Å². The van der Waals surface area contributed by atoms with Crippen molar-refractivity contribution in [3.8, 4) is 0 Å². The van der Waals surface area contributed by atoms with Gasteiger partial charge in [-0.05, 0) is 24.0 Å². The maximum Gasteiger partial charge on any atom is 0.0136 e. The topological polar surface area (TPSA) is 52.6 Å². The molecule has 1 saturated heterocycles. The second-order valence-corrected chi connectivity index (χ2v) is 5.89. The van der Waals surface area contributed by atoms with Crippen LogP contribution < -0.4 is 0 Å². The monoisotopic (exact) mass is 296 g/mol. The van der Waals surface area contributed by atoms with Crippen LogP contribution in [0.5, 0.6) is 0 Å². The van der Waals surface area contributed by atoms with Gasteiger partial charge in [-0.2, -0.15) is 0 Å². The Balaban J connectivity index is 1.61. The highest BCUT2D eigenvalue weighted by Gasteiger charge is 2.24. The van der Waals surface area contributed by atoms with Crippen LogP contribution in [0.2, 0.25) is 0 Å². The summed E-state index contributed by atoms with van der Waals surface area (Å²) in [7, 11) is 0. The second kappa shape index (κ2) is 7.03. The van der Waals surface area contributed by atoms with Gasteiger partial charge in [0, 0.05) is 25.2 Å². The summed E-state index contributed by atoms with van der Waals surface area (Å²) in [5.74, 6) is 0. The minimum absolute atomic E-state index is 0.257. The van der Waals surface area contributed by atoms with Gasteiger partial charge in [-0.3, -0.25) is 0 Å². The third-order valence-electron chi connectivity index (χ3n) is 4.22. The molecule has 1 fully saturated rings. The summed E-state index contributed by atoms with van der Waals surface area (Å²) in [4.78, 5) is 0. The molecule has 1 heterocycles. The zero-order chi connectivity index (χ0) is 15.4. The molecule has 1 aliphatic heterocycles. The Morgan fingerprint density at radius 3 is 1.41 bits per heavy atom. The number of rotatable bonds is 4. The van der Waals surface area contributed by atoms with Crippen LogP contribution in [0.25, 0.3) is 0 Å². The lowest BCUT2D eigenvalue weighted by Gasteiger charge is -2.53. The molecule has 4 nitrogen and oxygen atoms in total. The molecule has 2 atom stereocenters. The first-order chi connectivity index (χ1) is 10.7. The van der Waals surface area contributed by atoms with Gasteiger partial charge in [0.1, 0.15) is 0 Å². The van der Waals surface area contributed by atoms with E-state index in [9.17, 15) is 10.4 Å². The van der Waals surface area contributed by atoms with Crippen LogP contribution in [0, 0.1) is 10.4 Å². The van der Waals surface area contributed by atoms with Crippen LogP contribution in [0.4, 0.5) is 0 Å². The maximum absolute atomic E-state index is 12.3. The van der Waals surface area contributed by atoms with Gasteiger partial charge in [-0.15, -0.1) is 0 Å². The normalized spacial score (nSPS) is 23.5. The molecule has 2 aromatic rings. The molecule has 0 bridgehead atoms. The Bertz CT molecular complexity index is 523. The van der Waals surface area contributed by atoms with Crippen LogP contribution >= 0.6 is 0 Å². The number of piperazine rings is 1. The second-order valence-electron chi connectivity index (χ2n) is 5.89. The number of nitrogens with zero attached hydrogens (tertiary/aromatic N) is 2. The molecule has 0 saturated carbocycles. The zero-order valence-corrected chi connectivity index (χ0v) is 12.5. The van der Waals surface area contributed by atoms with Crippen molar-refractivity contribution in [3.05, 3.63) is 82.2 Å². The van der Waals surface area contributed by atoms with Crippen LogP contribution in [-0.4, -0.2) is 35.3 Å². The van der Waals surface area contributed by atoms with Crippen molar-refractivity contribution in [1.29, 1.82) is 0 Å². The molecule has 0 aliphatic carbocycles. The van der Waals surface area contributed by atoms with E-state index in [1.807, 2.05) is 60.7 Å². The summed E-state index contributed by atoms with van der Waals surface area (Å²) in [6.45, 7) is 0.547. The van der Waals surface area contributed by atoms with Crippen molar-refractivity contribution in [2.75, 3.05) is 13.1 Å². The van der Waals surface area contributed by atoms with Gasteiger partial charge >= 0.3 is 0 Å². The molecule has 2 aromatic carbocycles. The minimum Gasteiger partial charge on any atom is -0.785 e. The predicted molar refractivity (Wildman–Crippen MR) is 88.0 cm³/mol. The number of hydrogen-bond donors (Lipinski definition) is 0. The van der Waals surface area contributed by atoms with E-state index in [0.29, 0.717) is 12.8 Å². The Morgan fingerprint density at radius 2 is 1.05 bits per heavy atom. The largest absolute Gasteiger partial charge is 0.785 e. The zero-order valence-electron chi connectivity index (χ0n) is 12.5. The Labute approximate surface area is 131 Å². The smallest absolute Gasteiger partial charge is 0.0136 e. The molecular formula is C18H20N2O2-2. The molecule has 4 heteroatoms. The van der Waals surface area contributed by atoms with Gasteiger partial charge < -0.3 is 20.5 Å². The van der Waals surface area contributed by atoms with E-state index in [2.05, 4.69) is 0 Å². The van der Waals surface area contributed by atoms with E-state index in [1.54, 1.807) is 0 Å². The highest BCUT2D eigenvalue weighted by atomic mass is 16.5. The summed E-state index contributed by atoms with van der Waals surface area (Å²) in [5, 5.41) is 26.8. The van der Waals surface area contributed by atoms with Crippen LogP contribution in [0.15, 0.2) is 60.7 Å². The lowest BCUT2D eigenvalue weighted by molar-refractivity contribution is 0.0938. The summed E-state index contributed by atoms with van der Waals surface area (Å²) >= 11 is 0. The third-order valence-corrected chi connectivity index (χ3v) is 4.22. The van der Waals surface area contributed by atoms with Crippen molar-refractivity contribution in [2.24, 2.45) is 0 Å². The van der Waals surface area contributed by atoms with Gasteiger partial charge in [0.15, 0.2) is 0 Å². The summed E-state index contributed by atoms with van der Waals surface area (Å²) in [6, 6.07) is 19.2. The van der Waals surface area contributed by atoms with Gasteiger partial charge in [-0.1, -0.05) is 60.7 Å². The fourth-order valence-corrected chi connectivity index (χ4v) is 3.00. The Hall–Kier alpha value is -1.72. The summed E-state index contributed by atoms with van der Waals surface area (Å²) in [6.07, 6.45) is 1.25. The number of benzene rings is 2. The fraction of sp³-hybridized carbons (Fsp3) is 0.333. The molecule has 0 N–H and O–H groups in total. The molecule has 0 amide bonds. The van der Waals surface area contributed by atoms with E-state index >= 15 is 0 Å². The summed E-state index contributed by atoms with van der Waals surface area (Å²) in [5.41, 5.74) is 2.20. The third kappa shape index (κ3) is 3.72. The van der Waals surface area contributed by atoms with Crippen molar-refractivity contribution < 1.29 is 0 Å². The number of hydrogen-bond acceptors (Lipinski definition) is 4. The highest BCUT2D eigenvalue weighted by Crippen LogP contribution is 2.20. The summed E-state index contributed by atoms with van der Waals surface area (Å²) < 4.78 is 0. The van der Waals surface area contributed by atoms with E-state index in [-0.39, 0.29) is 25.2 Å². The quantitative estimate of drug-likeness (QED) is 0.870. The van der Waals surface area contributed by atoms with Gasteiger partial charge in [-0.25, -0.2) is 0 Å². The van der Waals surface area contributed by atoms with Crippen LogP contribution in [0.3, 0.4) is 0 Å². The SMILES string of the molecule is [O-]N1CC(Cc2ccccc2)N([O-])CC1Cc1ccccc1. The minimum atomic E-state index is -0.257. The van der Waals surface area contributed by atoms with Crippen molar-refractivity contribution in [1.82, 2.24) is 10.1 Å². The molecule has 22 heavy (non-hydrogen) atoms. The molecule has 3 rings (SSSR count). The van der Waals surface area contributed by atoms with Gasteiger partial charge in [0.05, 0.1) is 0 Å². The molecule has 1 aliphatic rings. The van der Waals surface area contributed by atoms with Gasteiger partial charge in [0.2, 0.25) is 0 Å². The first kappa shape index (κ1) is 15.2. The lowest BCUT2D eigenvalue weighted by Crippen LogP contribution is -2.55. The molecule has 2 unspecified atom stereocenters. The average Bonchev–Trinajstić information content (AvgIpc) is 2.54. The molecule has 0 radical (unpaired) electrons. The van der Waals surface area contributed by atoms with E-state index in [4.69, 9.17) is 0 Å². The molecule has 116 valence electrons. The molecular weight excluding hydrogens is 276 g/mol. The molecule has 0 spiro atoms. The first-order valence-electron chi connectivity index (χ1n) is 7.68.